The highest BCUT2D eigenvalue weighted by atomic mass is 16.6. The molecule has 446 valence electrons. The lowest BCUT2D eigenvalue weighted by Crippen LogP contribution is -2.30. The smallest absolute Gasteiger partial charge is 0.306 e. The quantitative estimate of drug-likeness (QED) is 0.0261. The molecule has 6 nitrogen and oxygen atoms in total. The predicted octanol–water partition coefficient (Wildman–Crippen LogP) is 22.6. The average molecular weight is 1080 g/mol. The fraction of sp³-hybridized carbons (Fsp3) is 0.708. The Kier molecular flexibility index (Phi) is 62.3. The summed E-state index contributed by atoms with van der Waals surface area (Å²) in [5.41, 5.74) is 0. The van der Waals surface area contributed by atoms with Gasteiger partial charge in [-0.1, -0.05) is 297 Å². The molecule has 0 radical (unpaired) electrons. The van der Waals surface area contributed by atoms with Gasteiger partial charge >= 0.3 is 17.9 Å². The molecular formula is C72H122O6. The van der Waals surface area contributed by atoms with E-state index in [-0.39, 0.29) is 31.1 Å². The molecule has 0 N–H and O–H groups in total. The number of allylic oxidation sites excluding steroid dienone is 18. The third-order valence-corrected chi connectivity index (χ3v) is 14.0. The molecule has 0 rings (SSSR count). The molecule has 0 aliphatic carbocycles. The van der Waals surface area contributed by atoms with Gasteiger partial charge in [0.15, 0.2) is 6.10 Å². The van der Waals surface area contributed by atoms with E-state index in [0.29, 0.717) is 19.3 Å². The first-order valence-electron chi connectivity index (χ1n) is 32.9. The van der Waals surface area contributed by atoms with E-state index in [0.717, 1.165) is 148 Å². The summed E-state index contributed by atoms with van der Waals surface area (Å²) >= 11 is 0. The number of hydrogen-bond donors (Lipinski definition) is 0. The van der Waals surface area contributed by atoms with Gasteiger partial charge < -0.3 is 14.2 Å². The summed E-state index contributed by atoms with van der Waals surface area (Å²) < 4.78 is 16.9. The maximum atomic E-state index is 12.9. The molecule has 1 atom stereocenters. The zero-order valence-corrected chi connectivity index (χ0v) is 51.2. The van der Waals surface area contributed by atoms with E-state index >= 15 is 0 Å². The number of carbonyl (C=O) groups excluding carboxylic acids is 3. The number of carbonyl (C=O) groups is 3. The van der Waals surface area contributed by atoms with Crippen molar-refractivity contribution in [2.75, 3.05) is 13.2 Å². The zero-order chi connectivity index (χ0) is 56.4. The highest BCUT2D eigenvalue weighted by Crippen LogP contribution is 2.17. The second-order valence-corrected chi connectivity index (χ2v) is 21.6. The Balaban J connectivity index is 4.39. The second kappa shape index (κ2) is 65.6. The number of hydrogen-bond acceptors (Lipinski definition) is 6. The minimum atomic E-state index is -0.793. The molecule has 0 fully saturated rings. The van der Waals surface area contributed by atoms with Crippen LogP contribution >= 0.6 is 0 Å². The van der Waals surface area contributed by atoms with Crippen LogP contribution in [-0.2, 0) is 28.6 Å². The van der Waals surface area contributed by atoms with Gasteiger partial charge in [-0.05, 0) is 103 Å². The molecule has 0 aromatic heterocycles. The van der Waals surface area contributed by atoms with Crippen LogP contribution < -0.4 is 0 Å². The van der Waals surface area contributed by atoms with E-state index in [9.17, 15) is 14.4 Å². The summed E-state index contributed by atoms with van der Waals surface area (Å²) in [6.45, 7) is 6.42. The Morgan fingerprint density at radius 1 is 0.269 bits per heavy atom. The highest BCUT2D eigenvalue weighted by molar-refractivity contribution is 5.71. The molecule has 6 heteroatoms. The molecule has 0 spiro atoms. The summed E-state index contributed by atoms with van der Waals surface area (Å²) in [5, 5.41) is 0. The van der Waals surface area contributed by atoms with Gasteiger partial charge in [-0.25, -0.2) is 0 Å². The van der Waals surface area contributed by atoms with E-state index < -0.39 is 6.10 Å². The van der Waals surface area contributed by atoms with E-state index in [1.807, 2.05) is 0 Å². The molecule has 0 saturated carbocycles. The Morgan fingerprint density at radius 2 is 0.500 bits per heavy atom. The molecule has 0 heterocycles. The van der Waals surface area contributed by atoms with Gasteiger partial charge in [0.05, 0.1) is 0 Å². The molecule has 78 heavy (non-hydrogen) atoms. The molecule has 0 aliphatic heterocycles. The summed E-state index contributed by atoms with van der Waals surface area (Å²) in [4.78, 5) is 38.4. The van der Waals surface area contributed by atoms with Crippen LogP contribution in [0.5, 0.6) is 0 Å². The van der Waals surface area contributed by atoms with E-state index in [4.69, 9.17) is 14.2 Å². The summed E-state index contributed by atoms with van der Waals surface area (Å²) in [6, 6.07) is 0. The minimum Gasteiger partial charge on any atom is -0.462 e. The summed E-state index contributed by atoms with van der Waals surface area (Å²) in [7, 11) is 0. The van der Waals surface area contributed by atoms with Gasteiger partial charge in [-0.15, -0.1) is 0 Å². The van der Waals surface area contributed by atoms with Crippen molar-refractivity contribution in [1.82, 2.24) is 0 Å². The van der Waals surface area contributed by atoms with Crippen LogP contribution in [0.2, 0.25) is 0 Å². The van der Waals surface area contributed by atoms with Crippen molar-refractivity contribution in [3.05, 3.63) is 109 Å². The number of rotatable bonds is 59. The van der Waals surface area contributed by atoms with Crippen LogP contribution in [0, 0.1) is 0 Å². The van der Waals surface area contributed by atoms with Gasteiger partial charge in [0, 0.05) is 19.3 Å². The zero-order valence-electron chi connectivity index (χ0n) is 51.2. The van der Waals surface area contributed by atoms with Gasteiger partial charge in [0.2, 0.25) is 0 Å². The maximum Gasteiger partial charge on any atom is 0.306 e. The number of ether oxygens (including phenoxy) is 3. The van der Waals surface area contributed by atoms with Crippen molar-refractivity contribution in [3.8, 4) is 0 Å². The van der Waals surface area contributed by atoms with Gasteiger partial charge in [-0.3, -0.25) is 14.4 Å². The van der Waals surface area contributed by atoms with Crippen LogP contribution in [0.25, 0.3) is 0 Å². The Bertz CT molecular complexity index is 1570. The first kappa shape index (κ1) is 74.1. The summed E-state index contributed by atoms with van der Waals surface area (Å²) in [5.74, 6) is -0.909. The second-order valence-electron chi connectivity index (χ2n) is 21.6. The molecule has 0 aromatic carbocycles. The van der Waals surface area contributed by atoms with Crippen LogP contribution in [0.15, 0.2) is 109 Å². The predicted molar refractivity (Wildman–Crippen MR) is 339 cm³/mol. The molecular weight excluding hydrogens is 961 g/mol. The summed E-state index contributed by atoms with van der Waals surface area (Å²) in [6.07, 6.45) is 89.5. The molecule has 1 unspecified atom stereocenters. The fourth-order valence-electron chi connectivity index (χ4n) is 9.17. The van der Waals surface area contributed by atoms with E-state index in [1.54, 1.807) is 0 Å². The van der Waals surface area contributed by atoms with Crippen LogP contribution in [0.3, 0.4) is 0 Å². The first-order valence-corrected chi connectivity index (χ1v) is 32.9. The highest BCUT2D eigenvalue weighted by Gasteiger charge is 2.19. The van der Waals surface area contributed by atoms with Crippen LogP contribution in [-0.4, -0.2) is 37.2 Å². The normalized spacial score (nSPS) is 12.8. The lowest BCUT2D eigenvalue weighted by molar-refractivity contribution is -0.167. The van der Waals surface area contributed by atoms with Crippen molar-refractivity contribution in [2.45, 2.75) is 316 Å². The van der Waals surface area contributed by atoms with Crippen molar-refractivity contribution in [3.63, 3.8) is 0 Å². The molecule has 0 saturated heterocycles. The van der Waals surface area contributed by atoms with Gasteiger partial charge in [-0.2, -0.15) is 0 Å². The van der Waals surface area contributed by atoms with Crippen molar-refractivity contribution >= 4 is 17.9 Å². The Hall–Kier alpha value is -3.93. The van der Waals surface area contributed by atoms with Crippen molar-refractivity contribution in [2.24, 2.45) is 0 Å². The lowest BCUT2D eigenvalue weighted by atomic mass is 10.0. The number of esters is 3. The van der Waals surface area contributed by atoms with Crippen LogP contribution in [0.1, 0.15) is 310 Å². The maximum absolute atomic E-state index is 12.9. The van der Waals surface area contributed by atoms with Gasteiger partial charge in [0.1, 0.15) is 13.2 Å². The van der Waals surface area contributed by atoms with E-state index in [1.165, 1.54) is 122 Å². The number of unbranched alkanes of at least 4 members (excludes halogenated alkanes) is 30. The third kappa shape index (κ3) is 62.9. The van der Waals surface area contributed by atoms with Crippen LogP contribution in [0.4, 0.5) is 0 Å². The average Bonchev–Trinajstić information content (AvgIpc) is 3.44. The topological polar surface area (TPSA) is 78.9 Å². The third-order valence-electron chi connectivity index (χ3n) is 14.0. The van der Waals surface area contributed by atoms with Crippen molar-refractivity contribution < 1.29 is 28.6 Å². The largest absolute Gasteiger partial charge is 0.462 e. The molecule has 0 aliphatic rings. The molecule has 0 bridgehead atoms. The molecule has 0 aromatic rings. The Morgan fingerprint density at radius 3 is 0.782 bits per heavy atom. The first-order chi connectivity index (χ1) is 38.5. The van der Waals surface area contributed by atoms with Crippen molar-refractivity contribution in [1.29, 1.82) is 0 Å². The van der Waals surface area contributed by atoms with Gasteiger partial charge in [0.25, 0.3) is 0 Å². The SMILES string of the molecule is CC/C=C\C/C=C\C/C=C\C/C=C\C/C=C\C/C=C\CCCCCCCCC(=O)OCC(COC(=O)CCCCCCC/C=C\C/C=C\C/C=C\CC)OC(=O)CCCCCCCCCCCCCCCCCCCCCC. The Labute approximate surface area is 482 Å². The monoisotopic (exact) mass is 1080 g/mol. The van der Waals surface area contributed by atoms with E-state index in [2.05, 4.69) is 130 Å². The standard InChI is InChI=1S/C72H122O6/c1-4-7-10-13-16-19-22-25-28-30-32-34-35-36-37-38-40-41-44-47-50-53-56-59-62-65-71(74)77-68-69(67-76-70(73)64-61-58-55-52-49-46-43-27-24-21-18-15-12-9-6-3)78-72(75)66-63-60-57-54-51-48-45-42-39-33-31-29-26-23-20-17-14-11-8-5-2/h7,9-10,12,16,18-19,21,25,27-28,32,34,36-37,40-41,43,69H,4-6,8,11,13-15,17,20,22-24,26,29-31,33,35,38-39,42,44-68H2,1-3H3/b10-7-,12-9-,19-16-,21-18-,28-25-,34-32-,37-36-,41-40-,43-27-. The minimum absolute atomic E-state index is 0.0905. The fourth-order valence-corrected chi connectivity index (χ4v) is 9.17. The lowest BCUT2D eigenvalue weighted by Gasteiger charge is -2.18. The molecule has 0 amide bonds.